The summed E-state index contributed by atoms with van der Waals surface area (Å²) in [6.45, 7) is 8.22. The van der Waals surface area contributed by atoms with Gasteiger partial charge in [-0.15, -0.1) is 0 Å². The normalized spacial score (nSPS) is 31.1. The Kier molecular flexibility index (Phi) is 3.98. The van der Waals surface area contributed by atoms with Crippen molar-refractivity contribution in [2.75, 3.05) is 27.2 Å². The number of allylic oxidation sites excluding steroid dienone is 1. The first-order valence-corrected chi connectivity index (χ1v) is 6.84. The zero-order valence-corrected chi connectivity index (χ0v) is 11.8. The van der Waals surface area contributed by atoms with E-state index in [1.807, 2.05) is 13.0 Å². The van der Waals surface area contributed by atoms with Crippen LogP contribution in [0.1, 0.15) is 27.2 Å². The summed E-state index contributed by atoms with van der Waals surface area (Å²) < 4.78 is 23.4. The Morgan fingerprint density at radius 2 is 2.06 bits per heavy atom. The van der Waals surface area contributed by atoms with Crippen LogP contribution in [0.3, 0.4) is 0 Å². The summed E-state index contributed by atoms with van der Waals surface area (Å²) in [5.41, 5.74) is -0.0619. The van der Waals surface area contributed by atoms with Gasteiger partial charge in [0.05, 0.1) is 27.2 Å². The summed E-state index contributed by atoms with van der Waals surface area (Å²) in [5.74, 6) is 0.135. The Hall–Kier alpha value is -0.190. The van der Waals surface area contributed by atoms with Gasteiger partial charge in [0.15, 0.2) is 0 Å². The van der Waals surface area contributed by atoms with Crippen LogP contribution in [0.15, 0.2) is 11.0 Å². The molecule has 0 aromatic heterocycles. The van der Waals surface area contributed by atoms with Crippen LogP contribution in [0.4, 0.5) is 0 Å². The molecule has 0 aromatic carbocycles. The number of hydrogen-bond acceptors (Lipinski definition) is 2. The molecule has 2 unspecified atom stereocenters. The van der Waals surface area contributed by atoms with Crippen molar-refractivity contribution in [1.82, 2.24) is 0 Å². The minimum absolute atomic E-state index is 0.0619. The minimum atomic E-state index is -2.07. The maximum atomic E-state index is 11.2. The first-order valence-electron chi connectivity index (χ1n) is 5.77. The summed E-state index contributed by atoms with van der Waals surface area (Å²) in [6.07, 6.45) is 2.88. The molecule has 0 radical (unpaired) electrons. The molecule has 1 aliphatic rings. The molecule has 4 heteroatoms. The highest BCUT2D eigenvalue weighted by atomic mass is 32.2. The van der Waals surface area contributed by atoms with Crippen molar-refractivity contribution >= 4 is 11.1 Å². The monoisotopic (exact) mass is 245 g/mol. The van der Waals surface area contributed by atoms with Gasteiger partial charge >= 0.3 is 0 Å². The zero-order chi connectivity index (χ0) is 12.6. The van der Waals surface area contributed by atoms with Gasteiger partial charge in [0.25, 0.3) is 0 Å². The van der Waals surface area contributed by atoms with Gasteiger partial charge in [-0.05, 0) is 17.0 Å². The van der Waals surface area contributed by atoms with Crippen molar-refractivity contribution in [3.05, 3.63) is 11.0 Å². The third kappa shape index (κ3) is 3.68. The molecule has 1 rings (SSSR count). The van der Waals surface area contributed by atoms with Gasteiger partial charge in [0, 0.05) is 16.7 Å². The van der Waals surface area contributed by atoms with Crippen LogP contribution < -0.4 is 0 Å². The molecule has 0 aliphatic carbocycles. The summed E-state index contributed by atoms with van der Waals surface area (Å²) in [5, 5.41) is 0. The fourth-order valence-electron chi connectivity index (χ4n) is 2.65. The molecule has 1 heterocycles. The van der Waals surface area contributed by atoms with Gasteiger partial charge in [-0.2, -0.15) is 0 Å². The molecular formula is C12H23NO2S. The van der Waals surface area contributed by atoms with E-state index in [-0.39, 0.29) is 11.3 Å². The second-order valence-corrected chi connectivity index (χ2v) is 7.22. The molecule has 0 N–H and O–H groups in total. The van der Waals surface area contributed by atoms with Crippen LogP contribution >= 0.6 is 0 Å². The SMILES string of the molecule is CC1CC[N+](C)(C)CC(C)(C)C=C1S(=O)[O-]. The lowest BCUT2D eigenvalue weighted by atomic mass is 9.87. The van der Waals surface area contributed by atoms with Crippen molar-refractivity contribution in [1.29, 1.82) is 0 Å². The fourth-order valence-corrected chi connectivity index (χ4v) is 3.51. The van der Waals surface area contributed by atoms with Crippen LogP contribution in [0.25, 0.3) is 0 Å². The fraction of sp³-hybridized carbons (Fsp3) is 0.833. The second-order valence-electron chi connectivity index (χ2n) is 6.28. The van der Waals surface area contributed by atoms with Crippen molar-refractivity contribution in [2.45, 2.75) is 27.2 Å². The molecule has 0 aromatic rings. The zero-order valence-electron chi connectivity index (χ0n) is 10.9. The Labute approximate surface area is 101 Å². The first kappa shape index (κ1) is 13.9. The molecule has 0 saturated heterocycles. The van der Waals surface area contributed by atoms with Gasteiger partial charge in [0.1, 0.15) is 0 Å². The number of hydrogen-bond donors (Lipinski definition) is 0. The second kappa shape index (κ2) is 4.59. The lowest BCUT2D eigenvalue weighted by Crippen LogP contribution is -2.48. The largest absolute Gasteiger partial charge is 0.769 e. The molecule has 0 saturated carbocycles. The lowest BCUT2D eigenvalue weighted by molar-refractivity contribution is -0.896. The molecule has 3 nitrogen and oxygen atoms in total. The molecule has 94 valence electrons. The van der Waals surface area contributed by atoms with E-state index in [1.54, 1.807) is 0 Å². The van der Waals surface area contributed by atoms with Crippen LogP contribution in [-0.2, 0) is 11.1 Å². The van der Waals surface area contributed by atoms with Crippen LogP contribution in [0, 0.1) is 11.3 Å². The van der Waals surface area contributed by atoms with E-state index in [0.29, 0.717) is 4.91 Å². The highest BCUT2D eigenvalue weighted by molar-refractivity contribution is 7.83. The predicted octanol–water partition coefficient (Wildman–Crippen LogP) is 1.89. The average molecular weight is 245 g/mol. The average Bonchev–Trinajstić information content (AvgIpc) is 2.07. The smallest absolute Gasteiger partial charge is 0.0869 e. The Bertz CT molecular complexity index is 321. The predicted molar refractivity (Wildman–Crippen MR) is 66.4 cm³/mol. The molecule has 0 bridgehead atoms. The van der Waals surface area contributed by atoms with Crippen molar-refractivity contribution < 1.29 is 13.2 Å². The van der Waals surface area contributed by atoms with E-state index in [4.69, 9.17) is 0 Å². The standard InChI is InChI=1S/C12H23NO2S/c1-10-6-7-13(4,5)9-12(2,3)8-11(10)16(14)15/h8,10H,6-7,9H2,1-5H3. The van der Waals surface area contributed by atoms with E-state index < -0.39 is 11.1 Å². The van der Waals surface area contributed by atoms with E-state index >= 15 is 0 Å². The van der Waals surface area contributed by atoms with Crippen molar-refractivity contribution in [3.8, 4) is 0 Å². The highest BCUT2D eigenvalue weighted by Crippen LogP contribution is 2.31. The van der Waals surface area contributed by atoms with Gasteiger partial charge in [-0.3, -0.25) is 4.21 Å². The third-order valence-corrected chi connectivity index (χ3v) is 4.12. The summed E-state index contributed by atoms with van der Waals surface area (Å²) in [4.78, 5) is 0.588. The number of nitrogens with zero attached hydrogens (tertiary/aromatic N) is 1. The first-order chi connectivity index (χ1) is 7.13. The molecule has 2 atom stereocenters. The van der Waals surface area contributed by atoms with E-state index in [0.717, 1.165) is 24.0 Å². The molecule has 0 fully saturated rings. The molecular weight excluding hydrogens is 222 g/mol. The van der Waals surface area contributed by atoms with Crippen LogP contribution in [-0.4, -0.2) is 40.4 Å². The van der Waals surface area contributed by atoms with Gasteiger partial charge in [-0.1, -0.05) is 26.8 Å². The van der Waals surface area contributed by atoms with Gasteiger partial charge in [-0.25, -0.2) is 0 Å². The number of quaternary nitrogens is 1. The molecule has 0 spiro atoms. The number of rotatable bonds is 1. The van der Waals surface area contributed by atoms with Gasteiger partial charge < -0.3 is 9.04 Å². The van der Waals surface area contributed by atoms with Crippen LogP contribution in [0.5, 0.6) is 0 Å². The van der Waals surface area contributed by atoms with Crippen molar-refractivity contribution in [3.63, 3.8) is 0 Å². The topological polar surface area (TPSA) is 40.1 Å². The highest BCUT2D eigenvalue weighted by Gasteiger charge is 2.31. The quantitative estimate of drug-likeness (QED) is 0.523. The molecule has 0 amide bonds. The van der Waals surface area contributed by atoms with E-state index in [2.05, 4.69) is 27.9 Å². The Balaban J connectivity index is 3.08. The molecule has 16 heavy (non-hydrogen) atoms. The Morgan fingerprint density at radius 1 is 1.50 bits per heavy atom. The summed E-state index contributed by atoms with van der Waals surface area (Å²) in [7, 11) is 4.42. The minimum Gasteiger partial charge on any atom is -0.769 e. The van der Waals surface area contributed by atoms with E-state index in [9.17, 15) is 8.76 Å². The van der Waals surface area contributed by atoms with Crippen LogP contribution in [0.2, 0.25) is 0 Å². The maximum absolute atomic E-state index is 11.2. The lowest BCUT2D eigenvalue weighted by Gasteiger charge is -2.40. The molecule has 1 aliphatic heterocycles. The maximum Gasteiger partial charge on any atom is 0.0869 e. The van der Waals surface area contributed by atoms with E-state index in [1.165, 1.54) is 0 Å². The summed E-state index contributed by atoms with van der Waals surface area (Å²) >= 11 is -2.07. The summed E-state index contributed by atoms with van der Waals surface area (Å²) in [6, 6.07) is 0. The third-order valence-electron chi connectivity index (χ3n) is 3.21. The van der Waals surface area contributed by atoms with Gasteiger partial charge in [0.2, 0.25) is 0 Å². The van der Waals surface area contributed by atoms with Crippen molar-refractivity contribution in [2.24, 2.45) is 11.3 Å². The Morgan fingerprint density at radius 3 is 2.56 bits per heavy atom.